The maximum atomic E-state index is 15.9. The van der Waals surface area contributed by atoms with Gasteiger partial charge in [0.25, 0.3) is 8.53 Å². The van der Waals surface area contributed by atoms with Crippen LogP contribution in [0, 0.1) is 0 Å². The lowest BCUT2D eigenvalue weighted by molar-refractivity contribution is -0.120. The first-order chi connectivity index (χ1) is 20.6. The molecule has 1 aliphatic rings. The van der Waals surface area contributed by atoms with E-state index in [1.807, 2.05) is 33.8 Å². The van der Waals surface area contributed by atoms with Crippen molar-refractivity contribution in [3.63, 3.8) is 0 Å². The van der Waals surface area contributed by atoms with Crippen molar-refractivity contribution >= 4 is 14.3 Å². The summed E-state index contributed by atoms with van der Waals surface area (Å²) in [6, 6.07) is 10.6. The van der Waals surface area contributed by atoms with Crippen LogP contribution >= 0.6 is 8.53 Å². The van der Waals surface area contributed by atoms with Crippen molar-refractivity contribution in [2.45, 2.75) is 97.5 Å². The molecule has 1 aromatic heterocycles. The number of aromatic nitrogens is 2. The van der Waals surface area contributed by atoms with Gasteiger partial charge in [-0.3, -0.25) is 9.36 Å². The number of para-hydroxylation sites is 1. The normalized spacial score (nSPS) is 21.8. The van der Waals surface area contributed by atoms with Crippen LogP contribution in [0.2, 0.25) is 0 Å². The zero-order valence-corrected chi connectivity index (χ0v) is 25.7. The summed E-state index contributed by atoms with van der Waals surface area (Å²) in [6.45, 7) is 10.2. The molecule has 1 saturated heterocycles. The Bertz CT molecular complexity index is 1140. The number of aliphatic hydroxyl groups excluding tert-OH is 1. The minimum Gasteiger partial charge on any atom is -0.486 e. The number of benzene rings is 1. The fourth-order valence-electron chi connectivity index (χ4n) is 4.23. The highest BCUT2D eigenvalue weighted by molar-refractivity contribution is 7.44. The number of unbranched alkanes of at least 4 members (excludes halogenated alkanes) is 1. The number of hydrogen-bond donors (Lipinski definition) is 1. The summed E-state index contributed by atoms with van der Waals surface area (Å²) in [7, 11) is -0.347. The van der Waals surface area contributed by atoms with Gasteiger partial charge in [-0.15, -0.1) is 0 Å². The van der Waals surface area contributed by atoms with Crippen LogP contribution in [0.25, 0.3) is 0 Å². The van der Waals surface area contributed by atoms with E-state index in [0.29, 0.717) is 12.4 Å². The lowest BCUT2D eigenvalue weighted by atomic mass is 10.2. The van der Waals surface area contributed by atoms with Crippen LogP contribution in [-0.4, -0.2) is 77.3 Å². The summed E-state index contributed by atoms with van der Waals surface area (Å²) in [6.07, 6.45) is -2.00. The van der Waals surface area contributed by atoms with Gasteiger partial charge in [0.05, 0.1) is 24.8 Å². The lowest BCUT2D eigenvalue weighted by Crippen LogP contribution is -2.38. The number of ketones is 1. The molecular weight excluding hydrogens is 552 g/mol. The molecule has 0 bridgehead atoms. The average Bonchev–Trinajstić information content (AvgIpc) is 3.27. The summed E-state index contributed by atoms with van der Waals surface area (Å²) in [5.74, 6) is 0.310. The van der Waals surface area contributed by atoms with Crippen molar-refractivity contribution in [1.29, 1.82) is 1.43 Å². The Hall–Kier alpha value is -2.27. The van der Waals surface area contributed by atoms with Crippen molar-refractivity contribution in [2.24, 2.45) is 0 Å². The van der Waals surface area contributed by atoms with Crippen LogP contribution in [0.5, 0.6) is 5.75 Å². The van der Waals surface area contributed by atoms with Crippen LogP contribution < -0.4 is 10.4 Å². The first-order valence-electron chi connectivity index (χ1n) is 14.9. The SMILES string of the molecule is [2H]CC1OC(n2ccc(CC(=O)COc3ccccc3)nc2=O)C(F)C1OP(OCCCC)N(C(C)C)C(C)C.[3H]OC. The van der Waals surface area contributed by atoms with Crippen molar-refractivity contribution in [1.82, 2.24) is 14.2 Å². The van der Waals surface area contributed by atoms with Gasteiger partial charge in [0.1, 0.15) is 18.5 Å². The zero-order chi connectivity index (χ0) is 31.9. The molecular formula is C29H45FN3O7P. The number of alkyl halides is 1. The van der Waals surface area contributed by atoms with Crippen molar-refractivity contribution < 1.29 is 34.2 Å². The Morgan fingerprint density at radius 1 is 1.29 bits per heavy atom. The number of carbonyl (C=O) groups is 1. The summed E-state index contributed by atoms with van der Waals surface area (Å²) in [4.78, 5) is 29.2. The third-order valence-corrected chi connectivity index (χ3v) is 8.24. The summed E-state index contributed by atoms with van der Waals surface area (Å²) >= 11 is 0. The number of carbonyl (C=O) groups excluding carboxylic acids is 1. The molecule has 5 atom stereocenters. The van der Waals surface area contributed by atoms with Crippen LogP contribution in [0.3, 0.4) is 0 Å². The molecule has 2 aromatic rings. The van der Waals surface area contributed by atoms with E-state index in [2.05, 4.69) is 21.7 Å². The standard InChI is InChI=1S/C28H41FN3O6P.CH4O/c1-7-8-16-36-39(32(19(2)3)20(4)5)38-26-21(6)37-27(25(26)29)31-15-14-22(30-28(31)34)17-23(33)18-35-24-12-10-9-11-13-24;1-2/h9-15,19-21,25-27H,7-8,16-18H2,1-6H3;2H,1H3/i6D;2T. The maximum Gasteiger partial charge on any atom is 0.350 e. The van der Waals surface area contributed by atoms with E-state index in [1.54, 1.807) is 24.3 Å². The number of Topliss-reactive ketones (excluding diaryl/α,β-unsaturated/α-hetero) is 1. The van der Waals surface area contributed by atoms with E-state index in [-0.39, 0.29) is 43.5 Å². The fraction of sp³-hybridized carbons (Fsp3) is 0.621. The van der Waals surface area contributed by atoms with E-state index in [4.69, 9.17) is 21.3 Å². The van der Waals surface area contributed by atoms with Gasteiger partial charge in [0.2, 0.25) is 1.43 Å². The molecule has 1 fully saturated rings. The maximum absolute atomic E-state index is 15.9. The van der Waals surface area contributed by atoms with Crippen molar-refractivity contribution in [3.05, 3.63) is 58.8 Å². The number of hydrogen-bond acceptors (Lipinski definition) is 9. The van der Waals surface area contributed by atoms with Gasteiger partial charge in [0, 0.05) is 26.8 Å². The van der Waals surface area contributed by atoms with Crippen molar-refractivity contribution in [3.8, 4) is 5.75 Å². The predicted octanol–water partition coefficient (Wildman–Crippen LogP) is 4.85. The van der Waals surface area contributed by atoms with E-state index < -0.39 is 38.8 Å². The number of ether oxygens (including phenoxy) is 2. The Morgan fingerprint density at radius 3 is 2.56 bits per heavy atom. The summed E-state index contributed by atoms with van der Waals surface area (Å²) < 4.78 is 56.3. The number of nitrogens with zero attached hydrogens (tertiary/aromatic N) is 3. The average molecular weight is 601 g/mol. The number of halogens is 1. The van der Waals surface area contributed by atoms with Gasteiger partial charge in [-0.25, -0.2) is 13.9 Å². The minimum atomic E-state index is -1.73. The molecule has 0 saturated carbocycles. The number of aliphatic hydroxyl groups is 1. The molecule has 10 nitrogen and oxygen atoms in total. The van der Waals surface area contributed by atoms with E-state index >= 15 is 4.39 Å². The number of rotatable bonds is 15. The molecule has 0 radical (unpaired) electrons. The third-order valence-electron chi connectivity index (χ3n) is 6.11. The van der Waals surface area contributed by atoms with Gasteiger partial charge in [0.15, 0.2) is 18.2 Å². The predicted molar refractivity (Wildman–Crippen MR) is 157 cm³/mol. The van der Waals surface area contributed by atoms with Crippen LogP contribution in [-0.2, 0) is 25.0 Å². The van der Waals surface area contributed by atoms with E-state index in [0.717, 1.165) is 17.4 Å². The first-order valence-corrected chi connectivity index (χ1v) is 14.9. The molecule has 12 heteroatoms. The van der Waals surface area contributed by atoms with Gasteiger partial charge in [-0.2, -0.15) is 4.98 Å². The Balaban J connectivity index is 0.00000206. The second-order valence-electron chi connectivity index (χ2n) is 10.00. The Labute approximate surface area is 246 Å². The molecule has 1 aliphatic heterocycles. The monoisotopic (exact) mass is 600 g/mol. The molecule has 2 heterocycles. The topological polar surface area (TPSA) is 112 Å². The molecule has 3 rings (SSSR count). The van der Waals surface area contributed by atoms with E-state index in [1.165, 1.54) is 19.4 Å². The van der Waals surface area contributed by atoms with Crippen LogP contribution in [0.15, 0.2) is 47.4 Å². The molecule has 0 spiro atoms. The molecule has 5 unspecified atom stereocenters. The lowest BCUT2D eigenvalue weighted by Gasteiger charge is -2.37. The summed E-state index contributed by atoms with van der Waals surface area (Å²) in [5, 5.41) is 3.50. The largest absolute Gasteiger partial charge is 0.486 e. The fourth-order valence-corrected chi connectivity index (χ4v) is 6.04. The first kappa shape index (κ1) is 31.7. The molecule has 0 aliphatic carbocycles. The molecule has 0 amide bonds. The van der Waals surface area contributed by atoms with Gasteiger partial charge >= 0.3 is 5.69 Å². The highest BCUT2D eigenvalue weighted by Crippen LogP contribution is 2.50. The van der Waals surface area contributed by atoms with Crippen molar-refractivity contribution in [2.75, 3.05) is 20.3 Å². The second-order valence-corrected chi connectivity index (χ2v) is 11.4. The highest BCUT2D eigenvalue weighted by atomic mass is 31.2. The summed E-state index contributed by atoms with van der Waals surface area (Å²) in [5.41, 5.74) is -0.503. The molecule has 41 heavy (non-hydrogen) atoms. The van der Waals surface area contributed by atoms with Gasteiger partial charge in [-0.05, 0) is 59.2 Å². The van der Waals surface area contributed by atoms with Crippen LogP contribution in [0.4, 0.5) is 4.39 Å². The quantitative estimate of drug-likeness (QED) is 0.227. The van der Waals surface area contributed by atoms with E-state index in [9.17, 15) is 9.59 Å². The smallest absolute Gasteiger partial charge is 0.350 e. The Kier molecular flexibility index (Phi) is 13.6. The third kappa shape index (κ3) is 10.2. The second kappa shape index (κ2) is 17.6. The minimum absolute atomic E-state index is 0.0820. The zero-order valence-electron chi connectivity index (χ0n) is 26.8. The van der Waals surface area contributed by atoms with Crippen LogP contribution in [0.1, 0.15) is 67.7 Å². The van der Waals surface area contributed by atoms with Gasteiger partial charge in [-0.1, -0.05) is 31.5 Å². The molecule has 1 aromatic carbocycles. The Morgan fingerprint density at radius 2 is 1.98 bits per heavy atom. The van der Waals surface area contributed by atoms with Gasteiger partial charge < -0.3 is 23.6 Å². The highest BCUT2D eigenvalue weighted by Gasteiger charge is 2.48. The molecule has 230 valence electrons. The molecule has 1 N–H and O–H groups in total.